The van der Waals surface area contributed by atoms with E-state index in [9.17, 15) is 0 Å². The van der Waals surface area contributed by atoms with Crippen molar-refractivity contribution in [1.29, 1.82) is 0 Å². The van der Waals surface area contributed by atoms with Crippen LogP contribution in [0.15, 0.2) is 23.7 Å². The minimum absolute atomic E-state index is 0.754. The van der Waals surface area contributed by atoms with Crippen LogP contribution in [0, 0.1) is 5.92 Å². The van der Waals surface area contributed by atoms with Crippen LogP contribution in [0.25, 0.3) is 10.1 Å². The van der Waals surface area contributed by atoms with Crippen molar-refractivity contribution in [2.24, 2.45) is 5.92 Å². The number of anilines is 1. The first-order valence-electron chi connectivity index (χ1n) is 7.16. The maximum atomic E-state index is 4.63. The summed E-state index contributed by atoms with van der Waals surface area (Å²) < 4.78 is 1.35. The second-order valence-electron chi connectivity index (χ2n) is 5.23. The third-order valence-corrected chi connectivity index (χ3v) is 4.74. The molecule has 3 heterocycles. The molecular formula is C15H21N3S. The van der Waals surface area contributed by atoms with Gasteiger partial charge in [-0.05, 0) is 49.4 Å². The number of hydrogen-bond acceptors (Lipinski definition) is 4. The van der Waals surface area contributed by atoms with Gasteiger partial charge in [-0.25, -0.2) is 4.98 Å². The number of rotatable bonds is 4. The highest BCUT2D eigenvalue weighted by Gasteiger charge is 2.21. The summed E-state index contributed by atoms with van der Waals surface area (Å²) in [5, 5.41) is 6.96. The number of fused-ring (bicyclic) bond motifs is 1. The summed E-state index contributed by atoms with van der Waals surface area (Å²) in [6.45, 7) is 6.65. The van der Waals surface area contributed by atoms with Crippen molar-refractivity contribution < 1.29 is 0 Å². The van der Waals surface area contributed by atoms with E-state index in [-0.39, 0.29) is 0 Å². The first-order valence-corrected chi connectivity index (χ1v) is 8.04. The Morgan fingerprint density at radius 1 is 1.47 bits per heavy atom. The fourth-order valence-corrected chi connectivity index (χ4v) is 3.68. The summed E-state index contributed by atoms with van der Waals surface area (Å²) in [6, 6.07) is 4.32. The molecular weight excluding hydrogens is 254 g/mol. The minimum atomic E-state index is 0.754. The van der Waals surface area contributed by atoms with Gasteiger partial charge in [0.25, 0.3) is 0 Å². The fraction of sp³-hybridized carbons (Fsp3) is 0.533. The van der Waals surface area contributed by atoms with Crippen LogP contribution in [0.4, 0.5) is 5.82 Å². The van der Waals surface area contributed by atoms with Crippen LogP contribution in [-0.4, -0.2) is 31.2 Å². The van der Waals surface area contributed by atoms with Gasteiger partial charge in [0, 0.05) is 29.4 Å². The van der Waals surface area contributed by atoms with Crippen LogP contribution < -0.4 is 10.2 Å². The minimum Gasteiger partial charge on any atom is -0.356 e. The largest absolute Gasteiger partial charge is 0.356 e. The van der Waals surface area contributed by atoms with Crippen LogP contribution in [-0.2, 0) is 0 Å². The molecule has 0 aromatic carbocycles. The van der Waals surface area contributed by atoms with Crippen LogP contribution in [0.5, 0.6) is 0 Å². The van der Waals surface area contributed by atoms with E-state index in [1.165, 1.54) is 28.7 Å². The van der Waals surface area contributed by atoms with Crippen LogP contribution in [0.3, 0.4) is 0 Å². The number of thiophene rings is 1. The molecule has 2 aromatic heterocycles. The average molecular weight is 275 g/mol. The van der Waals surface area contributed by atoms with E-state index in [1.807, 2.05) is 6.20 Å². The predicted molar refractivity (Wildman–Crippen MR) is 83.1 cm³/mol. The monoisotopic (exact) mass is 275 g/mol. The highest BCUT2D eigenvalue weighted by atomic mass is 32.1. The highest BCUT2D eigenvalue weighted by Crippen LogP contribution is 2.30. The second kappa shape index (κ2) is 5.88. The van der Waals surface area contributed by atoms with Gasteiger partial charge in [-0.2, -0.15) is 0 Å². The lowest BCUT2D eigenvalue weighted by atomic mass is 9.98. The molecule has 1 N–H and O–H groups in total. The summed E-state index contributed by atoms with van der Waals surface area (Å²) in [5.74, 6) is 1.93. The van der Waals surface area contributed by atoms with E-state index >= 15 is 0 Å². The molecule has 0 amide bonds. The molecule has 4 heteroatoms. The van der Waals surface area contributed by atoms with E-state index in [0.29, 0.717) is 0 Å². The number of nitrogens with one attached hydrogen (secondary N) is 1. The number of nitrogens with zero attached hydrogens (tertiary/aromatic N) is 2. The van der Waals surface area contributed by atoms with Crippen molar-refractivity contribution in [2.45, 2.75) is 19.8 Å². The Labute approximate surface area is 118 Å². The highest BCUT2D eigenvalue weighted by molar-refractivity contribution is 7.17. The number of hydrogen-bond donors (Lipinski definition) is 1. The summed E-state index contributed by atoms with van der Waals surface area (Å²) in [6.07, 6.45) is 4.56. The van der Waals surface area contributed by atoms with E-state index in [2.05, 4.69) is 39.6 Å². The molecule has 1 aliphatic heterocycles. The first-order chi connectivity index (χ1) is 9.38. The second-order valence-corrected chi connectivity index (χ2v) is 6.18. The maximum absolute atomic E-state index is 4.63. The molecule has 0 bridgehead atoms. The third kappa shape index (κ3) is 2.74. The Morgan fingerprint density at radius 2 is 2.42 bits per heavy atom. The Balaban J connectivity index is 1.79. The van der Waals surface area contributed by atoms with Crippen LogP contribution in [0.1, 0.15) is 19.8 Å². The van der Waals surface area contributed by atoms with Gasteiger partial charge in [0.15, 0.2) is 0 Å². The van der Waals surface area contributed by atoms with Gasteiger partial charge >= 0.3 is 0 Å². The number of piperidine rings is 1. The summed E-state index contributed by atoms with van der Waals surface area (Å²) in [5.41, 5.74) is 0. The predicted octanol–water partition coefficient (Wildman–Crippen LogP) is 3.12. The van der Waals surface area contributed by atoms with Crippen molar-refractivity contribution >= 4 is 27.2 Å². The van der Waals surface area contributed by atoms with Gasteiger partial charge in [0.1, 0.15) is 5.82 Å². The summed E-state index contributed by atoms with van der Waals surface area (Å²) >= 11 is 1.80. The van der Waals surface area contributed by atoms with Crippen LogP contribution in [0.2, 0.25) is 0 Å². The van der Waals surface area contributed by atoms with E-state index in [4.69, 9.17) is 0 Å². The molecule has 1 unspecified atom stereocenters. The lowest BCUT2D eigenvalue weighted by molar-refractivity contribution is 0.394. The molecule has 0 saturated carbocycles. The van der Waals surface area contributed by atoms with E-state index in [1.54, 1.807) is 11.3 Å². The van der Waals surface area contributed by atoms with Gasteiger partial charge in [-0.15, -0.1) is 11.3 Å². The van der Waals surface area contributed by atoms with Crippen molar-refractivity contribution in [3.63, 3.8) is 0 Å². The molecule has 0 spiro atoms. The smallest absolute Gasteiger partial charge is 0.137 e. The van der Waals surface area contributed by atoms with Gasteiger partial charge in [-0.1, -0.05) is 6.92 Å². The zero-order chi connectivity index (χ0) is 13.1. The zero-order valence-corrected chi connectivity index (χ0v) is 12.2. The molecule has 1 saturated heterocycles. The molecule has 1 fully saturated rings. The zero-order valence-electron chi connectivity index (χ0n) is 11.4. The summed E-state index contributed by atoms with van der Waals surface area (Å²) in [4.78, 5) is 7.10. The Hall–Kier alpha value is -1.13. The van der Waals surface area contributed by atoms with Crippen molar-refractivity contribution in [3.8, 4) is 0 Å². The van der Waals surface area contributed by atoms with Crippen LogP contribution >= 0.6 is 11.3 Å². The summed E-state index contributed by atoms with van der Waals surface area (Å²) in [7, 11) is 0. The van der Waals surface area contributed by atoms with Gasteiger partial charge < -0.3 is 10.2 Å². The molecule has 19 heavy (non-hydrogen) atoms. The maximum Gasteiger partial charge on any atom is 0.137 e. The third-order valence-electron chi connectivity index (χ3n) is 3.86. The Morgan fingerprint density at radius 3 is 3.32 bits per heavy atom. The number of pyridine rings is 1. The van der Waals surface area contributed by atoms with E-state index < -0.39 is 0 Å². The quantitative estimate of drug-likeness (QED) is 0.929. The molecule has 0 radical (unpaired) electrons. The Bertz CT molecular complexity index is 537. The average Bonchev–Trinajstić information content (AvgIpc) is 2.93. The SMILES string of the molecule is CCNCC1CCCN(c2nccc3sccc23)C1. The molecule has 1 atom stereocenters. The normalized spacial score (nSPS) is 20.1. The van der Waals surface area contributed by atoms with Gasteiger partial charge in [0.2, 0.25) is 0 Å². The van der Waals surface area contributed by atoms with Gasteiger partial charge in [0.05, 0.1) is 0 Å². The molecule has 102 valence electrons. The Kier molecular flexibility index (Phi) is 3.99. The molecule has 2 aromatic rings. The van der Waals surface area contributed by atoms with Crippen molar-refractivity contribution in [3.05, 3.63) is 23.7 Å². The van der Waals surface area contributed by atoms with E-state index in [0.717, 1.165) is 32.1 Å². The lowest BCUT2D eigenvalue weighted by Crippen LogP contribution is -2.40. The lowest BCUT2D eigenvalue weighted by Gasteiger charge is -2.34. The van der Waals surface area contributed by atoms with Crippen molar-refractivity contribution in [2.75, 3.05) is 31.1 Å². The molecule has 1 aliphatic rings. The van der Waals surface area contributed by atoms with Crippen molar-refractivity contribution in [1.82, 2.24) is 10.3 Å². The first kappa shape index (κ1) is 12.9. The van der Waals surface area contributed by atoms with Gasteiger partial charge in [-0.3, -0.25) is 0 Å². The molecule has 3 nitrogen and oxygen atoms in total. The number of aromatic nitrogens is 1. The molecule has 3 rings (SSSR count). The standard InChI is InChI=1S/C15H21N3S/c1-2-16-10-12-4-3-8-18(11-12)15-13-6-9-19-14(13)5-7-17-15/h5-7,9,12,16H,2-4,8,10-11H2,1H3. The molecule has 0 aliphatic carbocycles. The fourth-order valence-electron chi connectivity index (χ4n) is 2.90. The topological polar surface area (TPSA) is 28.2 Å².